The van der Waals surface area contributed by atoms with Crippen molar-refractivity contribution in [2.24, 2.45) is 0 Å². The van der Waals surface area contributed by atoms with Gasteiger partial charge in [0.2, 0.25) is 0 Å². The molecule has 2 atom stereocenters. The fraction of sp³-hybridized carbons (Fsp3) is 0.333. The maximum absolute atomic E-state index is 9.44. The van der Waals surface area contributed by atoms with Gasteiger partial charge in [-0.3, -0.25) is 0 Å². The van der Waals surface area contributed by atoms with Crippen LogP contribution < -0.4 is 0 Å². The topological polar surface area (TPSA) is 38.7 Å². The first-order valence-electron chi connectivity index (χ1n) is 4.99. The molecule has 1 aliphatic heterocycles. The van der Waals surface area contributed by atoms with Crippen LogP contribution in [0, 0.1) is 0 Å². The van der Waals surface area contributed by atoms with Gasteiger partial charge in [-0.1, -0.05) is 30.3 Å². The molecule has 80 valence electrons. The second-order valence-corrected chi connectivity index (χ2v) is 3.61. The van der Waals surface area contributed by atoms with Crippen molar-refractivity contribution in [2.75, 3.05) is 6.61 Å². The second-order valence-electron chi connectivity index (χ2n) is 3.61. The van der Waals surface area contributed by atoms with E-state index in [0.717, 1.165) is 11.1 Å². The highest BCUT2D eigenvalue weighted by molar-refractivity contribution is 5.24. The highest BCUT2D eigenvalue weighted by Gasteiger charge is 2.19. The summed E-state index contributed by atoms with van der Waals surface area (Å²) in [5.74, 6) is 0. The van der Waals surface area contributed by atoms with Crippen molar-refractivity contribution in [3.8, 4) is 0 Å². The Morgan fingerprint density at radius 2 is 2.07 bits per heavy atom. The zero-order chi connectivity index (χ0) is 10.7. The summed E-state index contributed by atoms with van der Waals surface area (Å²) in [6.07, 6.45) is 1.20. The molecule has 1 aromatic carbocycles. The number of benzene rings is 1. The van der Waals surface area contributed by atoms with Gasteiger partial charge in [0, 0.05) is 0 Å². The van der Waals surface area contributed by atoms with Crippen molar-refractivity contribution < 1.29 is 14.9 Å². The Hall–Kier alpha value is -1.16. The van der Waals surface area contributed by atoms with Crippen LogP contribution in [0.25, 0.3) is 0 Å². The molecule has 1 aliphatic rings. The van der Waals surface area contributed by atoms with Gasteiger partial charge in [0.25, 0.3) is 0 Å². The molecule has 0 spiro atoms. The van der Waals surface area contributed by atoms with E-state index in [-0.39, 0.29) is 6.10 Å². The molecule has 15 heavy (non-hydrogen) atoms. The van der Waals surface area contributed by atoms with Gasteiger partial charge in [-0.25, -0.2) is 9.78 Å². The summed E-state index contributed by atoms with van der Waals surface area (Å²) in [5.41, 5.74) is 1.88. The Kier molecular flexibility index (Phi) is 3.16. The SMILES string of the molecule is CC(O)C1=CC(c2ccccc2)OOC1. The van der Waals surface area contributed by atoms with Gasteiger partial charge in [0.1, 0.15) is 12.7 Å². The zero-order valence-electron chi connectivity index (χ0n) is 8.59. The summed E-state index contributed by atoms with van der Waals surface area (Å²) in [6.45, 7) is 2.06. The minimum atomic E-state index is -0.486. The molecule has 3 heteroatoms. The third-order valence-corrected chi connectivity index (χ3v) is 2.43. The van der Waals surface area contributed by atoms with Gasteiger partial charge in [0.15, 0.2) is 0 Å². The fourth-order valence-corrected chi connectivity index (χ4v) is 1.50. The van der Waals surface area contributed by atoms with Gasteiger partial charge < -0.3 is 5.11 Å². The van der Waals surface area contributed by atoms with E-state index < -0.39 is 6.10 Å². The van der Waals surface area contributed by atoms with Gasteiger partial charge >= 0.3 is 0 Å². The first-order chi connectivity index (χ1) is 7.27. The van der Waals surface area contributed by atoms with E-state index in [9.17, 15) is 5.11 Å². The molecule has 1 aromatic rings. The molecule has 2 unspecified atom stereocenters. The third kappa shape index (κ3) is 2.45. The van der Waals surface area contributed by atoms with Gasteiger partial charge in [-0.05, 0) is 24.1 Å². The van der Waals surface area contributed by atoms with Crippen LogP contribution in [-0.4, -0.2) is 17.8 Å². The number of rotatable bonds is 2. The maximum Gasteiger partial charge on any atom is 0.137 e. The minimum Gasteiger partial charge on any atom is -0.389 e. The monoisotopic (exact) mass is 206 g/mol. The van der Waals surface area contributed by atoms with Crippen LogP contribution in [0.1, 0.15) is 18.6 Å². The van der Waals surface area contributed by atoms with Gasteiger partial charge in [-0.15, -0.1) is 0 Å². The summed E-state index contributed by atoms with van der Waals surface area (Å²) in [7, 11) is 0. The molecule has 0 saturated heterocycles. The summed E-state index contributed by atoms with van der Waals surface area (Å²) < 4.78 is 0. The van der Waals surface area contributed by atoms with Crippen LogP contribution in [-0.2, 0) is 9.78 Å². The smallest absolute Gasteiger partial charge is 0.137 e. The lowest BCUT2D eigenvalue weighted by Crippen LogP contribution is -2.19. The molecule has 0 radical (unpaired) electrons. The van der Waals surface area contributed by atoms with Crippen molar-refractivity contribution in [2.45, 2.75) is 19.1 Å². The Bertz CT molecular complexity index is 343. The normalized spacial score (nSPS) is 23.3. The van der Waals surface area contributed by atoms with E-state index in [1.54, 1.807) is 6.92 Å². The van der Waals surface area contributed by atoms with Crippen LogP contribution in [0.3, 0.4) is 0 Å². The molecule has 0 bridgehead atoms. The van der Waals surface area contributed by atoms with Crippen molar-refractivity contribution in [1.29, 1.82) is 0 Å². The van der Waals surface area contributed by atoms with E-state index in [1.807, 2.05) is 36.4 Å². The Labute approximate surface area is 88.9 Å². The first kappa shape index (κ1) is 10.4. The minimum absolute atomic E-state index is 0.218. The molecule has 0 saturated carbocycles. The molecule has 0 amide bonds. The quantitative estimate of drug-likeness (QED) is 0.594. The third-order valence-electron chi connectivity index (χ3n) is 2.43. The number of hydrogen-bond acceptors (Lipinski definition) is 3. The molecular weight excluding hydrogens is 192 g/mol. The standard InChI is InChI=1S/C12H14O3/c1-9(13)11-7-12(15-14-8-11)10-5-3-2-4-6-10/h2-7,9,12-13H,8H2,1H3. The van der Waals surface area contributed by atoms with Crippen LogP contribution in [0.4, 0.5) is 0 Å². The van der Waals surface area contributed by atoms with Crippen LogP contribution in [0.5, 0.6) is 0 Å². The molecule has 0 fully saturated rings. The van der Waals surface area contributed by atoms with E-state index in [0.29, 0.717) is 6.61 Å². The van der Waals surface area contributed by atoms with Crippen LogP contribution >= 0.6 is 0 Å². The van der Waals surface area contributed by atoms with Gasteiger partial charge in [0.05, 0.1) is 6.10 Å². The lowest BCUT2D eigenvalue weighted by molar-refractivity contribution is -0.319. The molecule has 3 nitrogen and oxygen atoms in total. The molecular formula is C12H14O3. The molecule has 1 N–H and O–H groups in total. The van der Waals surface area contributed by atoms with Crippen molar-refractivity contribution >= 4 is 0 Å². The summed E-state index contributed by atoms with van der Waals surface area (Å²) in [6, 6.07) is 9.78. The largest absolute Gasteiger partial charge is 0.389 e. The van der Waals surface area contributed by atoms with Crippen molar-refractivity contribution in [3.63, 3.8) is 0 Å². The van der Waals surface area contributed by atoms with Crippen molar-refractivity contribution in [3.05, 3.63) is 47.5 Å². The summed E-state index contributed by atoms with van der Waals surface area (Å²) in [5, 5.41) is 9.44. The lowest BCUT2D eigenvalue weighted by Gasteiger charge is -2.22. The molecule has 2 rings (SSSR count). The second kappa shape index (κ2) is 4.57. The Morgan fingerprint density at radius 3 is 2.73 bits per heavy atom. The van der Waals surface area contributed by atoms with Crippen molar-refractivity contribution in [1.82, 2.24) is 0 Å². The van der Waals surface area contributed by atoms with E-state index in [2.05, 4.69) is 0 Å². The van der Waals surface area contributed by atoms with Crippen LogP contribution in [0.15, 0.2) is 42.0 Å². The van der Waals surface area contributed by atoms with Crippen LogP contribution in [0.2, 0.25) is 0 Å². The van der Waals surface area contributed by atoms with Gasteiger partial charge in [-0.2, -0.15) is 0 Å². The molecule has 0 aromatic heterocycles. The van der Waals surface area contributed by atoms with E-state index >= 15 is 0 Å². The number of aliphatic hydroxyl groups excluding tert-OH is 1. The predicted molar refractivity (Wildman–Crippen MR) is 56.0 cm³/mol. The van der Waals surface area contributed by atoms with E-state index in [4.69, 9.17) is 9.78 Å². The highest BCUT2D eigenvalue weighted by atomic mass is 17.2. The number of aliphatic hydroxyl groups is 1. The summed E-state index contributed by atoms with van der Waals surface area (Å²) >= 11 is 0. The van der Waals surface area contributed by atoms with E-state index in [1.165, 1.54) is 0 Å². The summed E-state index contributed by atoms with van der Waals surface area (Å²) in [4.78, 5) is 10.1. The number of hydrogen-bond donors (Lipinski definition) is 1. The molecule has 1 heterocycles. The fourth-order valence-electron chi connectivity index (χ4n) is 1.50. The Balaban J connectivity index is 2.20. The average molecular weight is 206 g/mol. The molecule has 0 aliphatic carbocycles. The first-order valence-corrected chi connectivity index (χ1v) is 4.99. The Morgan fingerprint density at radius 1 is 1.33 bits per heavy atom. The average Bonchev–Trinajstić information content (AvgIpc) is 2.30. The highest BCUT2D eigenvalue weighted by Crippen LogP contribution is 2.25. The maximum atomic E-state index is 9.44. The zero-order valence-corrected chi connectivity index (χ0v) is 8.59. The lowest BCUT2D eigenvalue weighted by atomic mass is 10.0. The predicted octanol–water partition coefficient (Wildman–Crippen LogP) is 2.00.